The van der Waals surface area contributed by atoms with Crippen LogP contribution in [0.25, 0.3) is 0 Å². The fourth-order valence-corrected chi connectivity index (χ4v) is 2.48. The summed E-state index contributed by atoms with van der Waals surface area (Å²) in [6, 6.07) is 0.615. The third-order valence-corrected chi connectivity index (χ3v) is 3.22. The summed E-state index contributed by atoms with van der Waals surface area (Å²) in [7, 11) is 2.04. The Hall–Kier alpha value is -0.870. The Bertz CT molecular complexity index is 318. The van der Waals surface area contributed by atoms with Crippen LogP contribution < -0.4 is 5.73 Å². The van der Waals surface area contributed by atoms with Gasteiger partial charge in [0.05, 0.1) is 18.1 Å². The zero-order valence-electron chi connectivity index (χ0n) is 9.56. The summed E-state index contributed by atoms with van der Waals surface area (Å²) in [6.45, 7) is 4.46. The molecule has 0 radical (unpaired) electrons. The van der Waals surface area contributed by atoms with Crippen LogP contribution in [0.1, 0.15) is 31.5 Å². The van der Waals surface area contributed by atoms with Gasteiger partial charge < -0.3 is 10.3 Å². The lowest BCUT2D eigenvalue weighted by molar-refractivity contribution is 0.240. The molecule has 0 unspecified atom stereocenters. The Morgan fingerprint density at radius 3 is 3.00 bits per heavy atom. The summed E-state index contributed by atoms with van der Waals surface area (Å²) >= 11 is 0. The van der Waals surface area contributed by atoms with E-state index in [0.29, 0.717) is 6.04 Å². The minimum atomic E-state index is 0.256. The number of nitrogens with zero attached hydrogens (tertiary/aromatic N) is 3. The van der Waals surface area contributed by atoms with E-state index in [1.165, 1.54) is 12.1 Å². The summed E-state index contributed by atoms with van der Waals surface area (Å²) in [4.78, 5) is 6.65. The first-order chi connectivity index (χ1) is 7.24. The number of likely N-dealkylation sites (tertiary alicyclic amines) is 1. The summed E-state index contributed by atoms with van der Waals surface area (Å²) in [5.41, 5.74) is 7.42. The van der Waals surface area contributed by atoms with Crippen LogP contribution in [0.3, 0.4) is 0 Å². The molecule has 2 rings (SSSR count). The SMILES string of the molecule is CCCN1CC[C@@H](N)[C@@H]1c1cncn1C. The minimum absolute atomic E-state index is 0.256. The fourth-order valence-electron chi connectivity index (χ4n) is 2.48. The molecule has 2 heterocycles. The molecule has 1 saturated heterocycles. The van der Waals surface area contributed by atoms with Crippen molar-refractivity contribution in [2.45, 2.75) is 31.8 Å². The van der Waals surface area contributed by atoms with Crippen molar-refractivity contribution < 1.29 is 0 Å². The maximum atomic E-state index is 6.18. The van der Waals surface area contributed by atoms with Gasteiger partial charge in [0.1, 0.15) is 0 Å². The lowest BCUT2D eigenvalue weighted by Gasteiger charge is -2.26. The molecule has 1 fully saturated rings. The average Bonchev–Trinajstić information content (AvgIpc) is 2.75. The van der Waals surface area contributed by atoms with Gasteiger partial charge in [0.2, 0.25) is 0 Å². The Morgan fingerprint density at radius 1 is 1.60 bits per heavy atom. The molecule has 1 aliphatic heterocycles. The lowest BCUT2D eigenvalue weighted by atomic mass is 10.1. The van der Waals surface area contributed by atoms with Crippen LogP contribution in [0.15, 0.2) is 12.5 Å². The Labute approximate surface area is 91.1 Å². The monoisotopic (exact) mass is 208 g/mol. The molecule has 15 heavy (non-hydrogen) atoms. The molecular formula is C11H20N4. The highest BCUT2D eigenvalue weighted by Gasteiger charge is 2.33. The van der Waals surface area contributed by atoms with Gasteiger partial charge in [-0.1, -0.05) is 6.92 Å². The van der Waals surface area contributed by atoms with Crippen LogP contribution in [0.5, 0.6) is 0 Å². The van der Waals surface area contributed by atoms with E-state index in [2.05, 4.69) is 21.4 Å². The van der Waals surface area contributed by atoms with Crippen LogP contribution in [-0.2, 0) is 7.05 Å². The summed E-state index contributed by atoms with van der Waals surface area (Å²) in [6.07, 6.45) is 6.07. The number of hydrogen-bond donors (Lipinski definition) is 1. The second-order valence-corrected chi connectivity index (χ2v) is 4.36. The Balaban J connectivity index is 2.21. The number of imidazole rings is 1. The van der Waals surface area contributed by atoms with Crippen molar-refractivity contribution in [2.75, 3.05) is 13.1 Å². The summed E-state index contributed by atoms with van der Waals surface area (Å²) < 4.78 is 2.08. The van der Waals surface area contributed by atoms with E-state index in [0.717, 1.165) is 19.5 Å². The van der Waals surface area contributed by atoms with Crippen LogP contribution in [0.4, 0.5) is 0 Å². The molecule has 4 heteroatoms. The predicted molar refractivity (Wildman–Crippen MR) is 60.4 cm³/mol. The highest BCUT2D eigenvalue weighted by Crippen LogP contribution is 2.30. The second kappa shape index (κ2) is 4.33. The molecule has 0 saturated carbocycles. The Kier molecular flexibility index (Phi) is 3.07. The van der Waals surface area contributed by atoms with E-state index in [9.17, 15) is 0 Å². The van der Waals surface area contributed by atoms with E-state index >= 15 is 0 Å². The third-order valence-electron chi connectivity index (χ3n) is 3.22. The lowest BCUT2D eigenvalue weighted by Crippen LogP contribution is -2.33. The minimum Gasteiger partial charge on any atom is -0.336 e. The number of aromatic nitrogens is 2. The summed E-state index contributed by atoms with van der Waals surface area (Å²) in [5, 5.41) is 0. The molecule has 84 valence electrons. The largest absolute Gasteiger partial charge is 0.336 e. The first-order valence-corrected chi connectivity index (χ1v) is 5.70. The zero-order valence-corrected chi connectivity index (χ0v) is 9.56. The molecule has 0 spiro atoms. The van der Waals surface area contributed by atoms with E-state index in [1.54, 1.807) is 0 Å². The second-order valence-electron chi connectivity index (χ2n) is 4.36. The van der Waals surface area contributed by atoms with Gasteiger partial charge in [0.25, 0.3) is 0 Å². The van der Waals surface area contributed by atoms with Crippen molar-refractivity contribution in [1.29, 1.82) is 0 Å². The number of rotatable bonds is 3. The maximum absolute atomic E-state index is 6.18. The summed E-state index contributed by atoms with van der Waals surface area (Å²) in [5.74, 6) is 0. The van der Waals surface area contributed by atoms with Crippen LogP contribution in [0, 0.1) is 0 Å². The Morgan fingerprint density at radius 2 is 2.40 bits per heavy atom. The van der Waals surface area contributed by atoms with Gasteiger partial charge in [-0.3, -0.25) is 4.90 Å². The molecule has 1 aromatic rings. The van der Waals surface area contributed by atoms with Crippen LogP contribution in [0.2, 0.25) is 0 Å². The molecule has 4 nitrogen and oxygen atoms in total. The smallest absolute Gasteiger partial charge is 0.0946 e. The number of aryl methyl sites for hydroxylation is 1. The average molecular weight is 208 g/mol. The van der Waals surface area contributed by atoms with E-state index < -0.39 is 0 Å². The standard InChI is InChI=1S/C11H20N4/c1-3-5-15-6-4-9(12)11(15)10-7-13-8-14(10)2/h7-9,11H,3-6,12H2,1-2H3/t9-,11-/m1/s1. The van der Waals surface area contributed by atoms with Gasteiger partial charge in [-0.2, -0.15) is 0 Å². The quantitative estimate of drug-likeness (QED) is 0.803. The number of hydrogen-bond acceptors (Lipinski definition) is 3. The van der Waals surface area contributed by atoms with Crippen molar-refractivity contribution in [2.24, 2.45) is 12.8 Å². The molecule has 2 atom stereocenters. The highest BCUT2D eigenvalue weighted by atomic mass is 15.2. The van der Waals surface area contributed by atoms with Gasteiger partial charge in [0.15, 0.2) is 0 Å². The molecular weight excluding hydrogens is 188 g/mol. The topological polar surface area (TPSA) is 47.1 Å². The molecule has 0 aromatic carbocycles. The van der Waals surface area contributed by atoms with Crippen molar-refractivity contribution in [1.82, 2.24) is 14.5 Å². The van der Waals surface area contributed by atoms with Gasteiger partial charge in [-0.05, 0) is 19.4 Å². The fraction of sp³-hybridized carbons (Fsp3) is 0.727. The first kappa shape index (κ1) is 10.6. The van der Waals surface area contributed by atoms with Gasteiger partial charge in [0, 0.05) is 25.8 Å². The van der Waals surface area contributed by atoms with E-state index in [-0.39, 0.29) is 6.04 Å². The van der Waals surface area contributed by atoms with Crippen LogP contribution >= 0.6 is 0 Å². The molecule has 0 amide bonds. The van der Waals surface area contributed by atoms with Crippen molar-refractivity contribution in [3.8, 4) is 0 Å². The van der Waals surface area contributed by atoms with Crippen molar-refractivity contribution in [3.63, 3.8) is 0 Å². The zero-order chi connectivity index (χ0) is 10.8. The van der Waals surface area contributed by atoms with Gasteiger partial charge in [-0.25, -0.2) is 4.98 Å². The molecule has 1 aromatic heterocycles. The first-order valence-electron chi connectivity index (χ1n) is 5.70. The molecule has 1 aliphatic rings. The molecule has 0 bridgehead atoms. The predicted octanol–water partition coefficient (Wildman–Crippen LogP) is 0.904. The molecule has 0 aliphatic carbocycles. The maximum Gasteiger partial charge on any atom is 0.0946 e. The van der Waals surface area contributed by atoms with E-state index in [4.69, 9.17) is 5.73 Å². The third kappa shape index (κ3) is 1.92. The highest BCUT2D eigenvalue weighted by molar-refractivity contribution is 5.11. The van der Waals surface area contributed by atoms with Crippen molar-refractivity contribution in [3.05, 3.63) is 18.2 Å². The van der Waals surface area contributed by atoms with Gasteiger partial charge >= 0.3 is 0 Å². The van der Waals surface area contributed by atoms with Gasteiger partial charge in [-0.15, -0.1) is 0 Å². The van der Waals surface area contributed by atoms with Crippen LogP contribution in [-0.4, -0.2) is 33.6 Å². The normalized spacial score (nSPS) is 27.4. The molecule has 2 N–H and O–H groups in total. The number of nitrogens with two attached hydrogens (primary N) is 1. The van der Waals surface area contributed by atoms with Crippen molar-refractivity contribution >= 4 is 0 Å². The van der Waals surface area contributed by atoms with E-state index in [1.807, 2.05) is 19.6 Å².